The van der Waals surface area contributed by atoms with Crippen LogP contribution in [0.15, 0.2) is 81.6 Å². The van der Waals surface area contributed by atoms with E-state index in [2.05, 4.69) is 32.9 Å². The third-order valence-electron chi connectivity index (χ3n) is 6.10. The van der Waals surface area contributed by atoms with Crippen LogP contribution in [0, 0.1) is 0 Å². The number of hydrogen-bond donors (Lipinski definition) is 1. The molecule has 8 nitrogen and oxygen atoms in total. The summed E-state index contributed by atoms with van der Waals surface area (Å²) in [6.07, 6.45) is 3.78. The van der Waals surface area contributed by atoms with E-state index in [0.717, 1.165) is 10.0 Å². The van der Waals surface area contributed by atoms with Gasteiger partial charge in [0.15, 0.2) is 18.1 Å². The Morgan fingerprint density at radius 2 is 1.88 bits per heavy atom. The fraction of sp³-hybridized carbons (Fsp3) is 0.250. The van der Waals surface area contributed by atoms with Crippen molar-refractivity contribution in [3.8, 4) is 11.5 Å². The predicted molar refractivity (Wildman–Crippen MR) is 172 cm³/mol. The fourth-order valence-corrected chi connectivity index (χ4v) is 4.71. The van der Waals surface area contributed by atoms with Gasteiger partial charge in [0, 0.05) is 26.2 Å². The summed E-state index contributed by atoms with van der Waals surface area (Å²) in [5.74, 6) is 1.08. The molecular weight excluding hydrogens is 620 g/mol. The summed E-state index contributed by atoms with van der Waals surface area (Å²) in [5, 5.41) is 8.40. The molecule has 218 valence electrons. The Balaban J connectivity index is 1.69. The number of ether oxygens (including phenoxy) is 2. The largest absolute Gasteiger partial charge is 0.490 e. The van der Waals surface area contributed by atoms with Gasteiger partial charge in [-0.1, -0.05) is 54.4 Å². The number of benzene rings is 3. The van der Waals surface area contributed by atoms with Crippen molar-refractivity contribution >= 4 is 56.2 Å². The molecule has 0 aliphatic heterocycles. The van der Waals surface area contributed by atoms with Crippen molar-refractivity contribution in [2.75, 3.05) is 18.5 Å². The van der Waals surface area contributed by atoms with Crippen molar-refractivity contribution in [1.29, 1.82) is 0 Å². The second-order valence-electron chi connectivity index (χ2n) is 10.5. The maximum atomic E-state index is 13.5. The normalized spacial score (nSPS) is 11.6. The first-order valence-electron chi connectivity index (χ1n) is 13.4. The quantitative estimate of drug-likeness (QED) is 0.145. The number of nitrogens with one attached hydrogen (secondary N) is 1. The lowest BCUT2D eigenvalue weighted by molar-refractivity contribution is -0.118. The van der Waals surface area contributed by atoms with Gasteiger partial charge in [0.1, 0.15) is 5.82 Å². The van der Waals surface area contributed by atoms with Gasteiger partial charge < -0.3 is 14.8 Å². The first-order valence-corrected chi connectivity index (χ1v) is 14.5. The van der Waals surface area contributed by atoms with Gasteiger partial charge in [0.25, 0.3) is 11.5 Å². The number of aromatic nitrogens is 2. The highest BCUT2D eigenvalue weighted by molar-refractivity contribution is 9.10. The highest BCUT2D eigenvalue weighted by Crippen LogP contribution is 2.34. The van der Waals surface area contributed by atoms with E-state index in [-0.39, 0.29) is 18.1 Å². The van der Waals surface area contributed by atoms with Crippen LogP contribution in [0.5, 0.6) is 11.5 Å². The number of rotatable bonds is 10. The zero-order valence-corrected chi connectivity index (χ0v) is 26.3. The molecule has 0 radical (unpaired) electrons. The lowest BCUT2D eigenvalue weighted by Crippen LogP contribution is -2.29. The highest BCUT2D eigenvalue weighted by atomic mass is 79.9. The van der Waals surface area contributed by atoms with Crippen molar-refractivity contribution < 1.29 is 14.3 Å². The van der Waals surface area contributed by atoms with Crippen molar-refractivity contribution in [3.05, 3.63) is 104 Å². The van der Waals surface area contributed by atoms with Gasteiger partial charge in [-0.25, -0.2) is 4.98 Å². The molecule has 42 heavy (non-hydrogen) atoms. The van der Waals surface area contributed by atoms with Gasteiger partial charge in [-0.2, -0.15) is 9.78 Å². The molecule has 4 aromatic rings. The Bertz CT molecular complexity index is 1710. The van der Waals surface area contributed by atoms with Crippen LogP contribution >= 0.6 is 27.5 Å². The molecular formula is C32H32BrClN4O4. The smallest absolute Gasteiger partial charge is 0.282 e. The molecule has 0 atom stereocenters. The van der Waals surface area contributed by atoms with E-state index < -0.39 is 5.41 Å². The summed E-state index contributed by atoms with van der Waals surface area (Å²) in [7, 11) is 0. The molecule has 3 aromatic carbocycles. The van der Waals surface area contributed by atoms with Crippen molar-refractivity contribution in [3.63, 3.8) is 0 Å². The van der Waals surface area contributed by atoms with Crippen LogP contribution in [0.1, 0.15) is 44.6 Å². The van der Waals surface area contributed by atoms with Crippen LogP contribution in [-0.4, -0.2) is 35.0 Å². The molecule has 0 bridgehead atoms. The topological polar surface area (TPSA) is 94.8 Å². The Labute approximate surface area is 258 Å². The summed E-state index contributed by atoms with van der Waals surface area (Å²) < 4.78 is 14.0. The van der Waals surface area contributed by atoms with Gasteiger partial charge in [-0.15, -0.1) is 6.58 Å². The molecule has 1 heterocycles. The van der Waals surface area contributed by atoms with E-state index in [1.54, 1.807) is 48.7 Å². The number of carbonyl (C=O) groups is 1. The maximum Gasteiger partial charge on any atom is 0.282 e. The van der Waals surface area contributed by atoms with Gasteiger partial charge in [-0.3, -0.25) is 9.59 Å². The zero-order valence-electron chi connectivity index (χ0n) is 23.9. The zero-order chi connectivity index (χ0) is 30.4. The van der Waals surface area contributed by atoms with Crippen LogP contribution in [0.2, 0.25) is 5.02 Å². The van der Waals surface area contributed by atoms with Gasteiger partial charge in [0.05, 0.1) is 23.7 Å². The monoisotopic (exact) mass is 650 g/mol. The lowest BCUT2D eigenvalue weighted by atomic mass is 9.95. The number of hydrogen-bond acceptors (Lipinski definition) is 6. The van der Waals surface area contributed by atoms with Crippen molar-refractivity contribution in [1.82, 2.24) is 9.66 Å². The fourth-order valence-electron chi connectivity index (χ4n) is 4.23. The molecule has 1 amide bonds. The summed E-state index contributed by atoms with van der Waals surface area (Å²) in [6.45, 7) is 11.8. The number of amides is 1. The number of fused-ring (bicyclic) bond motifs is 1. The minimum atomic E-state index is -0.452. The Kier molecular flexibility index (Phi) is 9.85. The molecule has 1 N–H and O–H groups in total. The van der Waals surface area contributed by atoms with Crippen LogP contribution in [-0.2, 0) is 16.6 Å². The van der Waals surface area contributed by atoms with E-state index in [1.807, 2.05) is 45.9 Å². The number of carbonyl (C=O) groups excluding carboxylic acids is 1. The van der Waals surface area contributed by atoms with Gasteiger partial charge in [-0.05, 0) is 73.5 Å². The second kappa shape index (κ2) is 13.4. The predicted octanol–water partition coefficient (Wildman–Crippen LogP) is 7.14. The average Bonchev–Trinajstić information content (AvgIpc) is 2.93. The molecule has 4 rings (SSSR count). The molecule has 0 saturated carbocycles. The van der Waals surface area contributed by atoms with E-state index in [0.29, 0.717) is 57.5 Å². The molecule has 0 saturated heterocycles. The Morgan fingerprint density at radius 3 is 2.55 bits per heavy atom. The van der Waals surface area contributed by atoms with E-state index in [1.165, 1.54) is 4.68 Å². The summed E-state index contributed by atoms with van der Waals surface area (Å²) in [5.41, 5.74) is 1.91. The molecule has 1 aromatic heterocycles. The average molecular weight is 652 g/mol. The summed E-state index contributed by atoms with van der Waals surface area (Å²) in [4.78, 5) is 30.9. The molecule has 0 aliphatic carbocycles. The third-order valence-corrected chi connectivity index (χ3v) is 6.84. The van der Waals surface area contributed by atoms with Gasteiger partial charge >= 0.3 is 0 Å². The molecule has 0 spiro atoms. The van der Waals surface area contributed by atoms with Gasteiger partial charge in [0.2, 0.25) is 0 Å². The molecule has 0 fully saturated rings. The first-order chi connectivity index (χ1) is 20.0. The van der Waals surface area contributed by atoms with Crippen LogP contribution in [0.25, 0.3) is 10.9 Å². The van der Waals surface area contributed by atoms with Crippen LogP contribution in [0.3, 0.4) is 0 Å². The third kappa shape index (κ3) is 7.46. The summed E-state index contributed by atoms with van der Waals surface area (Å²) in [6, 6.07) is 15.9. The minimum absolute atomic E-state index is 0.233. The summed E-state index contributed by atoms with van der Waals surface area (Å²) >= 11 is 9.37. The SMILES string of the molecule is C=CCc1cc(C=Nn2c(C(C)(C)C)nc3ccc(Br)cc3c2=O)cc(OCC)c1OCC(=O)Nc1ccc(Cl)cc1. The standard InChI is InChI=1S/C32H32BrClN4O4/c1-6-8-21-15-20(16-27(41-7-2)29(21)42-19-28(39)36-24-12-10-23(34)11-13-24)18-35-38-30(40)25-17-22(33)9-14-26(25)37-31(38)32(3,4)5/h6,9-18H,1,7-8,19H2,2-5H3,(H,36,39). The molecule has 0 aliphatic rings. The Hall–Kier alpha value is -3.95. The van der Waals surface area contributed by atoms with E-state index in [9.17, 15) is 9.59 Å². The number of nitrogens with zero attached hydrogens (tertiary/aromatic N) is 3. The second-order valence-corrected chi connectivity index (χ2v) is 11.8. The van der Waals surface area contributed by atoms with Crippen molar-refractivity contribution in [2.45, 2.75) is 39.5 Å². The van der Waals surface area contributed by atoms with Crippen molar-refractivity contribution in [2.24, 2.45) is 5.10 Å². The minimum Gasteiger partial charge on any atom is -0.490 e. The first kappa shape index (κ1) is 31.0. The highest BCUT2D eigenvalue weighted by Gasteiger charge is 2.23. The lowest BCUT2D eigenvalue weighted by Gasteiger charge is -2.21. The number of halogens is 2. The maximum absolute atomic E-state index is 13.5. The van der Waals surface area contributed by atoms with Crippen LogP contribution < -0.4 is 20.3 Å². The van der Waals surface area contributed by atoms with Crippen LogP contribution in [0.4, 0.5) is 5.69 Å². The van der Waals surface area contributed by atoms with E-state index >= 15 is 0 Å². The Morgan fingerprint density at radius 1 is 1.14 bits per heavy atom. The number of allylic oxidation sites excluding steroid dienone is 1. The number of anilines is 1. The van der Waals surface area contributed by atoms with E-state index in [4.69, 9.17) is 26.1 Å². The molecule has 10 heteroatoms. The molecule has 0 unspecified atom stereocenters.